The van der Waals surface area contributed by atoms with Gasteiger partial charge in [-0.25, -0.2) is 4.68 Å². The number of carbonyl (C=O) groups excluding carboxylic acids is 1. The van der Waals surface area contributed by atoms with Crippen LogP contribution >= 0.6 is 12.4 Å². The van der Waals surface area contributed by atoms with Crippen LogP contribution in [0.25, 0.3) is 11.0 Å². The molecule has 118 valence electrons. The Morgan fingerprint density at radius 1 is 1.43 bits per heavy atom. The molecule has 0 aliphatic carbocycles. The highest BCUT2D eigenvalue weighted by molar-refractivity contribution is 6.02. The summed E-state index contributed by atoms with van der Waals surface area (Å²) < 4.78 is 1.69. The molecular formula is C13H23ClN6O. The number of fused-ring (bicyclic) bond motifs is 1. The van der Waals surface area contributed by atoms with Crippen LogP contribution in [0.4, 0.5) is 5.82 Å². The number of halogens is 1. The summed E-state index contributed by atoms with van der Waals surface area (Å²) in [6.07, 6.45) is 1.41. The van der Waals surface area contributed by atoms with Crippen LogP contribution in [0.5, 0.6) is 0 Å². The van der Waals surface area contributed by atoms with Gasteiger partial charge in [0.15, 0.2) is 5.65 Å². The van der Waals surface area contributed by atoms with Gasteiger partial charge < -0.3 is 11.1 Å². The summed E-state index contributed by atoms with van der Waals surface area (Å²) >= 11 is 0. The molecule has 0 aromatic carbocycles. The van der Waals surface area contributed by atoms with Crippen molar-refractivity contribution < 1.29 is 4.79 Å². The van der Waals surface area contributed by atoms with Crippen LogP contribution in [0.3, 0.4) is 0 Å². The second-order valence-electron chi connectivity index (χ2n) is 5.15. The maximum Gasteiger partial charge on any atom is 0.233 e. The van der Waals surface area contributed by atoms with Crippen molar-refractivity contribution in [3.8, 4) is 0 Å². The van der Waals surface area contributed by atoms with Crippen molar-refractivity contribution in [3.63, 3.8) is 0 Å². The Morgan fingerprint density at radius 3 is 2.57 bits per heavy atom. The van der Waals surface area contributed by atoms with E-state index in [0.29, 0.717) is 25.2 Å². The normalized spacial score (nSPS) is 11.5. The van der Waals surface area contributed by atoms with E-state index in [1.54, 1.807) is 4.68 Å². The quantitative estimate of drug-likeness (QED) is 0.782. The van der Waals surface area contributed by atoms with E-state index in [1.807, 2.05) is 27.8 Å². The number of H-pyrrole nitrogens is 1. The number of hydrogen-bond acceptors (Lipinski definition) is 4. The van der Waals surface area contributed by atoms with Gasteiger partial charge in [-0.2, -0.15) is 10.2 Å². The average molecular weight is 315 g/mol. The molecule has 0 atom stereocenters. The van der Waals surface area contributed by atoms with Crippen molar-refractivity contribution in [1.29, 1.82) is 0 Å². The topological polar surface area (TPSA) is 102 Å². The molecule has 2 rings (SSSR count). The van der Waals surface area contributed by atoms with Gasteiger partial charge in [-0.15, -0.1) is 12.4 Å². The molecule has 0 bridgehead atoms. The second-order valence-corrected chi connectivity index (χ2v) is 5.15. The summed E-state index contributed by atoms with van der Waals surface area (Å²) in [7, 11) is 1.82. The molecule has 0 saturated heterocycles. The van der Waals surface area contributed by atoms with Crippen molar-refractivity contribution in [2.45, 2.75) is 33.6 Å². The zero-order valence-corrected chi connectivity index (χ0v) is 13.7. The van der Waals surface area contributed by atoms with Crippen LogP contribution in [0, 0.1) is 12.3 Å². The highest BCUT2D eigenvalue weighted by Crippen LogP contribution is 2.29. The molecule has 0 fully saturated rings. The molecular weight excluding hydrogens is 292 g/mol. The van der Waals surface area contributed by atoms with Crippen LogP contribution in [0.2, 0.25) is 0 Å². The van der Waals surface area contributed by atoms with Gasteiger partial charge in [0.05, 0.1) is 16.5 Å². The van der Waals surface area contributed by atoms with Crippen molar-refractivity contribution in [2.75, 3.05) is 11.9 Å². The average Bonchev–Trinajstić information content (AvgIpc) is 2.96. The van der Waals surface area contributed by atoms with Crippen LogP contribution < -0.4 is 11.1 Å². The van der Waals surface area contributed by atoms with Crippen LogP contribution in [-0.4, -0.2) is 32.4 Å². The van der Waals surface area contributed by atoms with Crippen molar-refractivity contribution >= 4 is 35.2 Å². The maximum absolute atomic E-state index is 12.5. The number of aryl methyl sites for hydroxylation is 2. The zero-order chi connectivity index (χ0) is 14.9. The number of nitrogens with zero attached hydrogens (tertiary/aromatic N) is 3. The molecule has 2 heterocycles. The highest BCUT2D eigenvalue weighted by atomic mass is 35.5. The van der Waals surface area contributed by atoms with Gasteiger partial charge in [0.1, 0.15) is 5.82 Å². The molecule has 0 spiro atoms. The molecule has 0 aliphatic heterocycles. The summed E-state index contributed by atoms with van der Waals surface area (Å²) in [5.41, 5.74) is 6.83. The van der Waals surface area contributed by atoms with E-state index in [0.717, 1.165) is 16.7 Å². The molecule has 8 heteroatoms. The highest BCUT2D eigenvalue weighted by Gasteiger charge is 2.34. The molecule has 2 aromatic heterocycles. The minimum atomic E-state index is -0.534. The predicted octanol–water partition coefficient (Wildman–Crippen LogP) is 1.73. The largest absolute Gasteiger partial charge is 0.329 e. The minimum absolute atomic E-state index is 0. The van der Waals surface area contributed by atoms with Crippen LogP contribution in [0.1, 0.15) is 32.4 Å². The Balaban J connectivity index is 0.00000220. The fraction of sp³-hybridized carbons (Fsp3) is 0.615. The monoisotopic (exact) mass is 314 g/mol. The van der Waals surface area contributed by atoms with Crippen molar-refractivity contribution in [1.82, 2.24) is 20.0 Å². The van der Waals surface area contributed by atoms with E-state index in [1.165, 1.54) is 0 Å². The van der Waals surface area contributed by atoms with Gasteiger partial charge in [0.2, 0.25) is 5.91 Å². The summed E-state index contributed by atoms with van der Waals surface area (Å²) in [4.78, 5) is 12.5. The molecule has 0 unspecified atom stereocenters. The molecule has 4 N–H and O–H groups in total. The van der Waals surface area contributed by atoms with Gasteiger partial charge in [-0.05, 0) is 19.8 Å². The minimum Gasteiger partial charge on any atom is -0.329 e. The third-order valence-electron chi connectivity index (χ3n) is 4.18. The molecule has 1 amide bonds. The van der Waals surface area contributed by atoms with Gasteiger partial charge in [0, 0.05) is 13.6 Å². The first kappa shape index (κ1) is 17.5. The summed E-state index contributed by atoms with van der Waals surface area (Å²) in [5, 5.41) is 15.1. The molecule has 21 heavy (non-hydrogen) atoms. The lowest BCUT2D eigenvalue weighted by molar-refractivity contribution is -0.125. The summed E-state index contributed by atoms with van der Waals surface area (Å²) in [6, 6.07) is 0. The standard InChI is InChI=1S/C13H22N6O.ClH/c1-5-13(6-2,7-14)12(20)15-10-9-8(3)18-19(4)11(9)17-16-10;/h5-7,14H2,1-4H3,(H2,15,16,17,20);1H. The van der Waals surface area contributed by atoms with Crippen molar-refractivity contribution in [3.05, 3.63) is 5.69 Å². The number of nitrogens with two attached hydrogens (primary N) is 1. The fourth-order valence-electron chi connectivity index (χ4n) is 2.52. The number of anilines is 1. The fourth-order valence-corrected chi connectivity index (χ4v) is 2.52. The van der Waals surface area contributed by atoms with Gasteiger partial charge in [0.25, 0.3) is 0 Å². The maximum atomic E-state index is 12.5. The van der Waals surface area contributed by atoms with Gasteiger partial charge >= 0.3 is 0 Å². The van der Waals surface area contributed by atoms with Crippen LogP contribution in [0.15, 0.2) is 0 Å². The first-order valence-corrected chi connectivity index (χ1v) is 6.88. The number of aromatic amines is 1. The van der Waals surface area contributed by atoms with E-state index < -0.39 is 5.41 Å². The third kappa shape index (κ3) is 2.75. The Bertz CT molecular complexity index is 620. The van der Waals surface area contributed by atoms with E-state index in [9.17, 15) is 4.79 Å². The first-order valence-electron chi connectivity index (χ1n) is 6.88. The number of aromatic nitrogens is 4. The van der Waals surface area contributed by atoms with Gasteiger partial charge in [-0.1, -0.05) is 13.8 Å². The predicted molar refractivity (Wildman–Crippen MR) is 85.5 cm³/mol. The summed E-state index contributed by atoms with van der Waals surface area (Å²) in [6.45, 7) is 6.18. The SMILES string of the molecule is CCC(CC)(CN)C(=O)Nc1[nH]nc2c1c(C)nn2C.Cl. The number of nitrogens with one attached hydrogen (secondary N) is 2. The lowest BCUT2D eigenvalue weighted by atomic mass is 9.81. The molecule has 2 aromatic rings. The number of hydrogen-bond donors (Lipinski definition) is 3. The molecule has 0 saturated carbocycles. The first-order chi connectivity index (χ1) is 9.49. The number of carbonyl (C=O) groups is 1. The third-order valence-corrected chi connectivity index (χ3v) is 4.18. The number of rotatable bonds is 5. The zero-order valence-electron chi connectivity index (χ0n) is 12.9. The van der Waals surface area contributed by atoms with Crippen LogP contribution in [-0.2, 0) is 11.8 Å². The Hall–Kier alpha value is -1.60. The Labute approximate surface area is 130 Å². The lowest BCUT2D eigenvalue weighted by Crippen LogP contribution is -2.41. The second kappa shape index (κ2) is 6.44. The molecule has 0 radical (unpaired) electrons. The Morgan fingerprint density at radius 2 is 2.05 bits per heavy atom. The molecule has 7 nitrogen and oxygen atoms in total. The van der Waals surface area contributed by atoms with E-state index in [4.69, 9.17) is 5.73 Å². The lowest BCUT2D eigenvalue weighted by Gasteiger charge is -2.28. The smallest absolute Gasteiger partial charge is 0.233 e. The number of amides is 1. The van der Waals surface area contributed by atoms with Crippen molar-refractivity contribution in [2.24, 2.45) is 18.2 Å². The van der Waals surface area contributed by atoms with E-state index in [2.05, 4.69) is 20.6 Å². The Kier molecular flexibility index (Phi) is 5.36. The van der Waals surface area contributed by atoms with E-state index >= 15 is 0 Å². The summed E-state index contributed by atoms with van der Waals surface area (Å²) in [5.74, 6) is 0.522. The van der Waals surface area contributed by atoms with E-state index in [-0.39, 0.29) is 18.3 Å². The van der Waals surface area contributed by atoms with Gasteiger partial charge in [-0.3, -0.25) is 9.89 Å². The molecule has 0 aliphatic rings.